The maximum Gasteiger partial charge on any atom is 0.162 e. The third-order valence-corrected chi connectivity index (χ3v) is 3.17. The minimum absolute atomic E-state index is 0.149. The molecule has 0 bridgehead atoms. The number of Topliss-reactive ketones (excluding diaryl/α,β-unsaturated/α-hetero) is 1. The molecule has 4 heteroatoms. The van der Waals surface area contributed by atoms with Crippen LogP contribution >= 0.6 is 0 Å². The van der Waals surface area contributed by atoms with Gasteiger partial charge in [-0.3, -0.25) is 9.48 Å². The number of hydrogen-bond acceptors (Lipinski definition) is 3. The van der Waals surface area contributed by atoms with Gasteiger partial charge >= 0.3 is 0 Å². The van der Waals surface area contributed by atoms with Crippen LogP contribution in [0, 0.1) is 6.92 Å². The van der Waals surface area contributed by atoms with Gasteiger partial charge in [0.15, 0.2) is 5.78 Å². The van der Waals surface area contributed by atoms with Crippen molar-refractivity contribution in [2.75, 3.05) is 0 Å². The van der Waals surface area contributed by atoms with Crippen LogP contribution in [0.5, 0.6) is 5.75 Å². The average Bonchev–Trinajstić information content (AvgIpc) is 2.85. The topological polar surface area (TPSA) is 44.1 Å². The van der Waals surface area contributed by atoms with Crippen LogP contribution in [-0.4, -0.2) is 15.6 Å². The minimum atomic E-state index is 0.149. The van der Waals surface area contributed by atoms with Gasteiger partial charge in [0.1, 0.15) is 12.4 Å². The van der Waals surface area contributed by atoms with Crippen LogP contribution in [0.2, 0.25) is 0 Å². The van der Waals surface area contributed by atoms with Crippen LogP contribution in [0.25, 0.3) is 0 Å². The van der Waals surface area contributed by atoms with Gasteiger partial charge in [-0.1, -0.05) is 6.92 Å². The lowest BCUT2D eigenvalue weighted by Crippen LogP contribution is -2.06. The van der Waals surface area contributed by atoms with Gasteiger partial charge in [-0.15, -0.1) is 0 Å². The van der Waals surface area contributed by atoms with Gasteiger partial charge in [0.05, 0.1) is 11.4 Å². The van der Waals surface area contributed by atoms with E-state index in [2.05, 4.69) is 12.0 Å². The van der Waals surface area contributed by atoms with Gasteiger partial charge in [-0.05, 0) is 44.2 Å². The third kappa shape index (κ3) is 3.26. The maximum atomic E-state index is 11.5. The Morgan fingerprint density at radius 1 is 1.25 bits per heavy atom. The molecule has 106 valence electrons. The molecule has 4 nitrogen and oxygen atoms in total. The number of aryl methyl sites for hydroxylation is 2. The van der Waals surface area contributed by atoms with E-state index in [-0.39, 0.29) is 5.78 Å². The molecule has 0 atom stereocenters. The quantitative estimate of drug-likeness (QED) is 0.757. The lowest BCUT2D eigenvalue weighted by molar-refractivity contribution is 0.0988. The molecule has 0 saturated carbocycles. The van der Waals surface area contributed by atoms with E-state index < -0.39 is 0 Å². The number of rotatable bonds is 6. The Balaban J connectivity index is 2.02. The first kappa shape index (κ1) is 14.3. The van der Waals surface area contributed by atoms with Crippen molar-refractivity contribution in [2.24, 2.45) is 0 Å². The molecule has 1 heterocycles. The Labute approximate surface area is 119 Å². The van der Waals surface area contributed by atoms with Crippen LogP contribution in [0.1, 0.15) is 42.0 Å². The highest BCUT2D eigenvalue weighted by Crippen LogP contribution is 2.15. The van der Waals surface area contributed by atoms with Crippen LogP contribution in [0.15, 0.2) is 30.3 Å². The molecule has 20 heavy (non-hydrogen) atoms. The summed E-state index contributed by atoms with van der Waals surface area (Å²) in [6.45, 7) is 7.20. The lowest BCUT2D eigenvalue weighted by Gasteiger charge is -2.08. The molecule has 0 fully saturated rings. The molecule has 1 aromatic carbocycles. The molecule has 0 amide bonds. The number of carbonyl (C=O) groups is 1. The monoisotopic (exact) mass is 272 g/mol. The predicted molar refractivity (Wildman–Crippen MR) is 78.0 cm³/mol. The van der Waals surface area contributed by atoms with Crippen molar-refractivity contribution in [3.63, 3.8) is 0 Å². The van der Waals surface area contributed by atoms with Crippen molar-refractivity contribution < 1.29 is 9.53 Å². The fourth-order valence-electron chi connectivity index (χ4n) is 2.09. The zero-order valence-electron chi connectivity index (χ0n) is 12.2. The van der Waals surface area contributed by atoms with E-state index in [1.54, 1.807) is 0 Å². The molecular formula is C16H20N2O2. The van der Waals surface area contributed by atoms with Crippen molar-refractivity contribution >= 4 is 5.78 Å². The molecule has 0 unspecified atom stereocenters. The molecule has 0 saturated heterocycles. The first-order valence-corrected chi connectivity index (χ1v) is 6.93. The minimum Gasteiger partial charge on any atom is -0.487 e. The van der Waals surface area contributed by atoms with Gasteiger partial charge in [0, 0.05) is 18.5 Å². The molecule has 2 aromatic rings. The first-order valence-electron chi connectivity index (χ1n) is 6.93. The Hall–Kier alpha value is -2.10. The zero-order valence-corrected chi connectivity index (χ0v) is 12.2. The Morgan fingerprint density at radius 2 is 1.95 bits per heavy atom. The van der Waals surface area contributed by atoms with E-state index in [0.29, 0.717) is 13.0 Å². The molecule has 0 radical (unpaired) electrons. The highest BCUT2D eigenvalue weighted by Gasteiger charge is 2.06. The maximum absolute atomic E-state index is 11.5. The fourth-order valence-corrected chi connectivity index (χ4v) is 2.09. The SMILES string of the molecule is CCC(=O)c1ccc(OCc2cc(C)nn2CC)cc1. The summed E-state index contributed by atoms with van der Waals surface area (Å²) in [4.78, 5) is 11.5. The summed E-state index contributed by atoms with van der Waals surface area (Å²) in [5.41, 5.74) is 2.78. The smallest absolute Gasteiger partial charge is 0.162 e. The summed E-state index contributed by atoms with van der Waals surface area (Å²) in [5, 5.41) is 4.38. The number of ketones is 1. The summed E-state index contributed by atoms with van der Waals surface area (Å²) >= 11 is 0. The van der Waals surface area contributed by atoms with Crippen molar-refractivity contribution in [3.8, 4) is 5.75 Å². The zero-order chi connectivity index (χ0) is 14.5. The average molecular weight is 272 g/mol. The fraction of sp³-hybridized carbons (Fsp3) is 0.375. The molecular weight excluding hydrogens is 252 g/mol. The van der Waals surface area contributed by atoms with Crippen LogP contribution in [0.4, 0.5) is 0 Å². The summed E-state index contributed by atoms with van der Waals surface area (Å²) in [5.74, 6) is 0.912. The molecule has 1 aromatic heterocycles. The third-order valence-electron chi connectivity index (χ3n) is 3.17. The van der Waals surface area contributed by atoms with E-state index in [4.69, 9.17) is 4.74 Å². The highest BCUT2D eigenvalue weighted by atomic mass is 16.5. The second kappa shape index (κ2) is 6.37. The molecule has 2 rings (SSSR count). The van der Waals surface area contributed by atoms with Crippen molar-refractivity contribution in [2.45, 2.75) is 40.3 Å². The van der Waals surface area contributed by atoms with Crippen molar-refractivity contribution in [3.05, 3.63) is 47.3 Å². The van der Waals surface area contributed by atoms with E-state index in [0.717, 1.165) is 29.2 Å². The van der Waals surface area contributed by atoms with Crippen LogP contribution in [0.3, 0.4) is 0 Å². The summed E-state index contributed by atoms with van der Waals surface area (Å²) < 4.78 is 7.68. The number of aromatic nitrogens is 2. The second-order valence-electron chi connectivity index (χ2n) is 4.68. The van der Waals surface area contributed by atoms with Gasteiger partial charge in [-0.2, -0.15) is 5.10 Å². The second-order valence-corrected chi connectivity index (χ2v) is 4.68. The molecule has 0 spiro atoms. The van der Waals surface area contributed by atoms with Gasteiger partial charge in [-0.25, -0.2) is 0 Å². The van der Waals surface area contributed by atoms with Crippen molar-refractivity contribution in [1.29, 1.82) is 0 Å². The molecule has 0 N–H and O–H groups in total. The predicted octanol–water partition coefficient (Wildman–Crippen LogP) is 3.38. The van der Waals surface area contributed by atoms with Gasteiger partial charge < -0.3 is 4.74 Å². The highest BCUT2D eigenvalue weighted by molar-refractivity contribution is 5.95. The number of carbonyl (C=O) groups excluding carboxylic acids is 1. The summed E-state index contributed by atoms with van der Waals surface area (Å²) in [6.07, 6.45) is 0.523. The Morgan fingerprint density at radius 3 is 2.55 bits per heavy atom. The molecule has 0 aliphatic rings. The van der Waals surface area contributed by atoms with E-state index in [9.17, 15) is 4.79 Å². The Bertz CT molecular complexity index is 585. The van der Waals surface area contributed by atoms with Gasteiger partial charge in [0.25, 0.3) is 0 Å². The number of nitrogens with zero attached hydrogens (tertiary/aromatic N) is 2. The van der Waals surface area contributed by atoms with Crippen molar-refractivity contribution in [1.82, 2.24) is 9.78 Å². The number of benzene rings is 1. The van der Waals surface area contributed by atoms with E-state index in [1.165, 1.54) is 0 Å². The van der Waals surface area contributed by atoms with E-state index >= 15 is 0 Å². The van der Waals surface area contributed by atoms with Crippen LogP contribution < -0.4 is 4.74 Å². The standard InChI is InChI=1S/C16H20N2O2/c1-4-16(19)13-6-8-15(9-7-13)20-11-14-10-12(3)17-18(14)5-2/h6-10H,4-5,11H2,1-3H3. The van der Waals surface area contributed by atoms with Crippen LogP contribution in [-0.2, 0) is 13.2 Å². The molecule has 0 aliphatic heterocycles. The number of ether oxygens (including phenoxy) is 1. The summed E-state index contributed by atoms with van der Waals surface area (Å²) in [6, 6.07) is 9.32. The largest absolute Gasteiger partial charge is 0.487 e. The van der Waals surface area contributed by atoms with E-state index in [1.807, 2.05) is 48.9 Å². The summed E-state index contributed by atoms with van der Waals surface area (Å²) in [7, 11) is 0. The lowest BCUT2D eigenvalue weighted by atomic mass is 10.1. The number of hydrogen-bond donors (Lipinski definition) is 0. The first-order chi connectivity index (χ1) is 9.63. The van der Waals surface area contributed by atoms with Gasteiger partial charge in [0.2, 0.25) is 0 Å². The normalized spacial score (nSPS) is 10.6. The molecule has 0 aliphatic carbocycles. The Kier molecular flexibility index (Phi) is 4.56.